The molecule has 2 aromatic rings. The summed E-state index contributed by atoms with van der Waals surface area (Å²) in [5.41, 5.74) is 7.27. The zero-order chi connectivity index (χ0) is 14.5. The van der Waals surface area contributed by atoms with Crippen molar-refractivity contribution >= 4 is 5.69 Å². The molecule has 4 heteroatoms. The van der Waals surface area contributed by atoms with Crippen molar-refractivity contribution in [3.8, 4) is 17.2 Å². The van der Waals surface area contributed by atoms with E-state index in [-0.39, 0.29) is 12.7 Å². The van der Waals surface area contributed by atoms with Gasteiger partial charge in [0.2, 0.25) is 0 Å². The molecule has 0 aliphatic carbocycles. The average molecular weight is 273 g/mol. The highest BCUT2D eigenvalue weighted by molar-refractivity contribution is 5.51. The number of aliphatic hydroxyl groups is 1. The highest BCUT2D eigenvalue weighted by Gasteiger charge is 2.04. The minimum Gasteiger partial charge on any atom is -0.491 e. The number of rotatable bonds is 5. The Kier molecular flexibility index (Phi) is 4.48. The molecule has 4 nitrogen and oxygen atoms in total. The lowest BCUT2D eigenvalue weighted by Crippen LogP contribution is -2.05. The number of hydrogen-bond acceptors (Lipinski definition) is 4. The van der Waals surface area contributed by atoms with Crippen molar-refractivity contribution in [2.24, 2.45) is 0 Å². The fraction of sp³-hybridized carbons (Fsp3) is 0.250. The van der Waals surface area contributed by atoms with E-state index in [0.29, 0.717) is 22.9 Å². The molecule has 0 unspecified atom stereocenters. The van der Waals surface area contributed by atoms with Crippen LogP contribution in [0.4, 0.5) is 5.69 Å². The average Bonchev–Trinajstić information content (AvgIpc) is 2.38. The molecule has 0 spiro atoms. The summed E-state index contributed by atoms with van der Waals surface area (Å²) < 4.78 is 11.4. The fourth-order valence-electron chi connectivity index (χ4n) is 1.79. The van der Waals surface area contributed by atoms with Crippen molar-refractivity contribution in [1.82, 2.24) is 0 Å². The molecule has 0 bridgehead atoms. The molecule has 2 aromatic carbocycles. The lowest BCUT2D eigenvalue weighted by molar-refractivity contribution is 0.242. The molecular weight excluding hydrogens is 254 g/mol. The first kappa shape index (κ1) is 14.2. The van der Waals surface area contributed by atoms with Gasteiger partial charge >= 0.3 is 0 Å². The number of ether oxygens (including phenoxy) is 2. The monoisotopic (exact) mass is 273 g/mol. The maximum Gasteiger partial charge on any atom is 0.133 e. The number of nitrogens with two attached hydrogens (primary N) is 1. The van der Waals surface area contributed by atoms with Gasteiger partial charge in [-0.15, -0.1) is 0 Å². The van der Waals surface area contributed by atoms with Crippen molar-refractivity contribution < 1.29 is 14.6 Å². The Labute approximate surface area is 118 Å². The summed E-state index contributed by atoms with van der Waals surface area (Å²) in [5, 5.41) is 9.00. The molecule has 106 valence electrons. The van der Waals surface area contributed by atoms with Gasteiger partial charge in [0.15, 0.2) is 0 Å². The third kappa shape index (κ3) is 3.90. The molecule has 20 heavy (non-hydrogen) atoms. The SMILES string of the molecule is CC(C)Oc1cc(N)cc(Oc2ccc(CO)cc2)c1. The maximum atomic E-state index is 9.00. The Balaban J connectivity index is 2.17. The molecule has 0 fully saturated rings. The molecule has 0 saturated heterocycles. The number of anilines is 1. The van der Waals surface area contributed by atoms with Crippen molar-refractivity contribution in [3.05, 3.63) is 48.0 Å². The summed E-state index contributed by atoms with van der Waals surface area (Å²) in [7, 11) is 0. The highest BCUT2D eigenvalue weighted by Crippen LogP contribution is 2.29. The zero-order valence-electron chi connectivity index (χ0n) is 11.7. The number of nitrogen functional groups attached to an aromatic ring is 1. The van der Waals surface area contributed by atoms with E-state index in [0.717, 1.165) is 5.56 Å². The molecule has 0 heterocycles. The lowest BCUT2D eigenvalue weighted by Gasteiger charge is -2.13. The molecular formula is C16H19NO3. The second-order valence-corrected chi connectivity index (χ2v) is 4.81. The topological polar surface area (TPSA) is 64.7 Å². The molecule has 0 saturated carbocycles. The third-order valence-electron chi connectivity index (χ3n) is 2.62. The molecule has 0 radical (unpaired) electrons. The number of hydrogen-bond donors (Lipinski definition) is 2. The van der Waals surface area contributed by atoms with E-state index >= 15 is 0 Å². The van der Waals surface area contributed by atoms with Gasteiger partial charge in [0.05, 0.1) is 12.7 Å². The summed E-state index contributed by atoms with van der Waals surface area (Å²) in [6, 6.07) is 12.5. The Morgan fingerprint density at radius 2 is 1.65 bits per heavy atom. The van der Waals surface area contributed by atoms with Gasteiger partial charge in [-0.25, -0.2) is 0 Å². The van der Waals surface area contributed by atoms with Crippen LogP contribution in [0.5, 0.6) is 17.2 Å². The minimum atomic E-state index is 0.0188. The van der Waals surface area contributed by atoms with Crippen LogP contribution < -0.4 is 15.2 Å². The predicted molar refractivity (Wildman–Crippen MR) is 79.1 cm³/mol. The van der Waals surface area contributed by atoms with Gasteiger partial charge in [0.25, 0.3) is 0 Å². The Morgan fingerprint density at radius 3 is 2.25 bits per heavy atom. The van der Waals surface area contributed by atoms with Crippen LogP contribution in [0.3, 0.4) is 0 Å². The maximum absolute atomic E-state index is 9.00. The second kappa shape index (κ2) is 6.30. The van der Waals surface area contributed by atoms with Crippen molar-refractivity contribution in [2.75, 3.05) is 5.73 Å². The van der Waals surface area contributed by atoms with Gasteiger partial charge in [-0.1, -0.05) is 12.1 Å². The third-order valence-corrected chi connectivity index (χ3v) is 2.62. The van der Waals surface area contributed by atoms with Crippen LogP contribution in [0.25, 0.3) is 0 Å². The van der Waals surface area contributed by atoms with Gasteiger partial charge in [0, 0.05) is 23.9 Å². The van der Waals surface area contributed by atoms with E-state index < -0.39 is 0 Å². The van der Waals surface area contributed by atoms with E-state index in [1.807, 2.05) is 26.0 Å². The summed E-state index contributed by atoms with van der Waals surface area (Å²) in [6.45, 7) is 3.93. The van der Waals surface area contributed by atoms with Crippen LogP contribution in [0.15, 0.2) is 42.5 Å². The first-order valence-corrected chi connectivity index (χ1v) is 6.51. The normalized spacial score (nSPS) is 10.6. The van der Waals surface area contributed by atoms with Gasteiger partial charge < -0.3 is 20.3 Å². The van der Waals surface area contributed by atoms with Crippen LogP contribution in [0.1, 0.15) is 19.4 Å². The van der Waals surface area contributed by atoms with Crippen LogP contribution >= 0.6 is 0 Å². The molecule has 0 aliphatic heterocycles. The first-order chi connectivity index (χ1) is 9.56. The minimum absolute atomic E-state index is 0.0188. The summed E-state index contributed by atoms with van der Waals surface area (Å²) in [6.07, 6.45) is 0.0773. The standard InChI is InChI=1S/C16H19NO3/c1-11(2)19-15-7-13(17)8-16(9-15)20-14-5-3-12(10-18)4-6-14/h3-9,11,18H,10,17H2,1-2H3. The fourth-order valence-corrected chi connectivity index (χ4v) is 1.79. The van der Waals surface area contributed by atoms with E-state index in [9.17, 15) is 0 Å². The van der Waals surface area contributed by atoms with Crippen LogP contribution in [-0.2, 0) is 6.61 Å². The van der Waals surface area contributed by atoms with E-state index in [2.05, 4.69) is 0 Å². The van der Waals surface area contributed by atoms with Crippen molar-refractivity contribution in [1.29, 1.82) is 0 Å². The Hall–Kier alpha value is -2.20. The molecule has 0 atom stereocenters. The van der Waals surface area contributed by atoms with E-state index in [4.69, 9.17) is 20.3 Å². The van der Waals surface area contributed by atoms with Crippen LogP contribution in [0.2, 0.25) is 0 Å². The number of aliphatic hydroxyl groups excluding tert-OH is 1. The molecule has 0 aromatic heterocycles. The predicted octanol–water partition coefficient (Wildman–Crippen LogP) is 3.34. The molecule has 3 N–H and O–H groups in total. The van der Waals surface area contributed by atoms with Crippen molar-refractivity contribution in [3.63, 3.8) is 0 Å². The Bertz CT molecular complexity index is 564. The number of benzene rings is 2. The zero-order valence-corrected chi connectivity index (χ0v) is 11.7. The van der Waals surface area contributed by atoms with Gasteiger partial charge in [-0.05, 0) is 31.5 Å². The summed E-state index contributed by atoms with van der Waals surface area (Å²) in [5.74, 6) is 1.99. The Morgan fingerprint density at radius 1 is 1.00 bits per heavy atom. The summed E-state index contributed by atoms with van der Waals surface area (Å²) >= 11 is 0. The molecule has 0 amide bonds. The molecule has 2 rings (SSSR count). The first-order valence-electron chi connectivity index (χ1n) is 6.51. The van der Waals surface area contributed by atoms with Gasteiger partial charge in [0.1, 0.15) is 17.2 Å². The quantitative estimate of drug-likeness (QED) is 0.820. The van der Waals surface area contributed by atoms with Gasteiger partial charge in [-0.2, -0.15) is 0 Å². The van der Waals surface area contributed by atoms with Crippen molar-refractivity contribution in [2.45, 2.75) is 26.6 Å². The second-order valence-electron chi connectivity index (χ2n) is 4.81. The van der Waals surface area contributed by atoms with Crippen LogP contribution in [0, 0.1) is 0 Å². The molecule has 0 aliphatic rings. The largest absolute Gasteiger partial charge is 0.491 e. The summed E-state index contributed by atoms with van der Waals surface area (Å²) in [4.78, 5) is 0. The van der Waals surface area contributed by atoms with E-state index in [1.54, 1.807) is 30.3 Å². The lowest BCUT2D eigenvalue weighted by atomic mass is 10.2. The highest BCUT2D eigenvalue weighted by atomic mass is 16.5. The smallest absolute Gasteiger partial charge is 0.133 e. The van der Waals surface area contributed by atoms with E-state index in [1.165, 1.54) is 0 Å². The van der Waals surface area contributed by atoms with Gasteiger partial charge in [-0.3, -0.25) is 0 Å². The van der Waals surface area contributed by atoms with Crippen LogP contribution in [-0.4, -0.2) is 11.2 Å².